The number of likely N-dealkylation sites (N-methyl/N-ethyl adjacent to an activating group) is 1. The van der Waals surface area contributed by atoms with Gasteiger partial charge in [0, 0.05) is 58.1 Å². The van der Waals surface area contributed by atoms with Crippen LogP contribution in [0.5, 0.6) is 0 Å². The van der Waals surface area contributed by atoms with Gasteiger partial charge in [-0.25, -0.2) is 0 Å². The van der Waals surface area contributed by atoms with Gasteiger partial charge in [0.1, 0.15) is 11.3 Å². The van der Waals surface area contributed by atoms with Crippen molar-refractivity contribution in [2.45, 2.75) is 32.2 Å². The van der Waals surface area contributed by atoms with E-state index < -0.39 is 0 Å². The minimum atomic E-state index is 0.164. The number of nitrogens with one attached hydrogen (secondary N) is 2. The molecule has 1 aliphatic heterocycles. The number of hydrogen-bond donors (Lipinski definition) is 2. The number of guanidine groups is 1. The van der Waals surface area contributed by atoms with Gasteiger partial charge < -0.3 is 20.0 Å². The summed E-state index contributed by atoms with van der Waals surface area (Å²) in [5, 5.41) is 8.02. The van der Waals surface area contributed by atoms with Crippen molar-refractivity contribution in [3.63, 3.8) is 0 Å². The first-order valence-electron chi connectivity index (χ1n) is 10.5. The molecule has 29 heavy (non-hydrogen) atoms. The molecule has 0 saturated carbocycles. The van der Waals surface area contributed by atoms with Crippen molar-refractivity contribution >= 4 is 22.8 Å². The molecule has 0 spiro atoms. The molecule has 1 aliphatic rings. The highest BCUT2D eigenvalue weighted by atomic mass is 16.3. The van der Waals surface area contributed by atoms with E-state index in [1.54, 1.807) is 19.0 Å². The monoisotopic (exact) mass is 399 g/mol. The minimum absolute atomic E-state index is 0.164. The summed E-state index contributed by atoms with van der Waals surface area (Å²) in [6.45, 7) is 5.93. The van der Waals surface area contributed by atoms with E-state index in [0.717, 1.165) is 61.6 Å². The predicted octanol–water partition coefficient (Wildman–Crippen LogP) is 2.08. The summed E-state index contributed by atoms with van der Waals surface area (Å²) in [6, 6.07) is 10.5. The number of carbonyl (C=O) groups excluding carboxylic acids is 1. The Bertz CT molecular complexity index is 788. The van der Waals surface area contributed by atoms with Crippen LogP contribution in [0, 0.1) is 0 Å². The molecule has 1 fully saturated rings. The third-order valence-electron chi connectivity index (χ3n) is 5.23. The van der Waals surface area contributed by atoms with E-state index in [0.29, 0.717) is 19.1 Å². The van der Waals surface area contributed by atoms with Gasteiger partial charge in [-0.1, -0.05) is 18.2 Å². The van der Waals surface area contributed by atoms with E-state index >= 15 is 0 Å². The molecule has 1 amide bonds. The SMILES string of the molecule is CCNC(=NCCc1cc2ccccc2o1)NC1CCN(CC(=O)N(C)C)CC1. The van der Waals surface area contributed by atoms with Crippen LogP contribution in [0.15, 0.2) is 39.7 Å². The van der Waals surface area contributed by atoms with Crippen LogP contribution in [0.1, 0.15) is 25.5 Å². The maximum Gasteiger partial charge on any atom is 0.236 e. The highest BCUT2D eigenvalue weighted by molar-refractivity contribution is 5.80. The Balaban J connectivity index is 1.47. The van der Waals surface area contributed by atoms with Crippen LogP contribution in [0.25, 0.3) is 11.0 Å². The number of amides is 1. The largest absolute Gasteiger partial charge is 0.461 e. The van der Waals surface area contributed by atoms with Gasteiger partial charge in [0.15, 0.2) is 5.96 Å². The van der Waals surface area contributed by atoms with Gasteiger partial charge in [0.2, 0.25) is 5.91 Å². The van der Waals surface area contributed by atoms with E-state index in [-0.39, 0.29) is 5.91 Å². The molecular weight excluding hydrogens is 366 g/mol. The van der Waals surface area contributed by atoms with Crippen molar-refractivity contribution in [2.24, 2.45) is 4.99 Å². The van der Waals surface area contributed by atoms with Gasteiger partial charge in [0.25, 0.3) is 0 Å². The lowest BCUT2D eigenvalue weighted by molar-refractivity contribution is -0.130. The summed E-state index contributed by atoms with van der Waals surface area (Å²) in [5.41, 5.74) is 0.927. The smallest absolute Gasteiger partial charge is 0.236 e. The van der Waals surface area contributed by atoms with Crippen molar-refractivity contribution < 1.29 is 9.21 Å². The van der Waals surface area contributed by atoms with E-state index in [9.17, 15) is 4.79 Å². The van der Waals surface area contributed by atoms with Crippen LogP contribution < -0.4 is 10.6 Å². The second kappa shape index (κ2) is 10.3. The Labute approximate surface area is 173 Å². The van der Waals surface area contributed by atoms with Crippen molar-refractivity contribution in [3.8, 4) is 0 Å². The quantitative estimate of drug-likeness (QED) is 0.551. The number of carbonyl (C=O) groups is 1. The summed E-state index contributed by atoms with van der Waals surface area (Å²) >= 11 is 0. The number of nitrogens with zero attached hydrogens (tertiary/aromatic N) is 3. The Morgan fingerprint density at radius 3 is 2.72 bits per heavy atom. The van der Waals surface area contributed by atoms with E-state index in [1.165, 1.54) is 0 Å². The van der Waals surface area contributed by atoms with Crippen LogP contribution in [0.4, 0.5) is 0 Å². The number of aliphatic imine (C=N–C) groups is 1. The number of piperidine rings is 1. The summed E-state index contributed by atoms with van der Waals surface area (Å²) < 4.78 is 5.87. The van der Waals surface area contributed by atoms with Crippen LogP contribution in [0.2, 0.25) is 0 Å². The summed E-state index contributed by atoms with van der Waals surface area (Å²) in [4.78, 5) is 20.5. The Morgan fingerprint density at radius 1 is 1.28 bits per heavy atom. The van der Waals surface area contributed by atoms with Crippen LogP contribution in [-0.4, -0.2) is 74.5 Å². The van der Waals surface area contributed by atoms with E-state index in [2.05, 4.69) is 34.6 Å². The molecule has 158 valence electrons. The lowest BCUT2D eigenvalue weighted by atomic mass is 10.1. The second-order valence-corrected chi connectivity index (χ2v) is 7.74. The predicted molar refractivity (Wildman–Crippen MR) is 117 cm³/mol. The second-order valence-electron chi connectivity index (χ2n) is 7.74. The number of furan rings is 1. The molecule has 2 N–H and O–H groups in total. The van der Waals surface area contributed by atoms with Crippen molar-refractivity contribution in [1.82, 2.24) is 20.4 Å². The third kappa shape index (κ3) is 6.22. The van der Waals surface area contributed by atoms with Crippen LogP contribution in [-0.2, 0) is 11.2 Å². The zero-order valence-corrected chi connectivity index (χ0v) is 17.8. The van der Waals surface area contributed by atoms with E-state index in [1.807, 2.05) is 18.2 Å². The zero-order chi connectivity index (χ0) is 20.6. The zero-order valence-electron chi connectivity index (χ0n) is 17.8. The first kappa shape index (κ1) is 21.2. The summed E-state index contributed by atoms with van der Waals surface area (Å²) in [6.07, 6.45) is 2.79. The average molecular weight is 400 g/mol. The maximum atomic E-state index is 11.9. The van der Waals surface area contributed by atoms with Gasteiger partial charge in [-0.15, -0.1) is 0 Å². The maximum absolute atomic E-state index is 11.9. The normalized spacial score (nSPS) is 16.2. The molecule has 2 heterocycles. The molecule has 0 atom stereocenters. The molecule has 7 nitrogen and oxygen atoms in total. The van der Waals surface area contributed by atoms with Gasteiger partial charge in [-0.3, -0.25) is 14.7 Å². The number of hydrogen-bond acceptors (Lipinski definition) is 4. The molecular formula is C22H33N5O2. The first-order chi connectivity index (χ1) is 14.0. The molecule has 0 radical (unpaired) electrons. The summed E-state index contributed by atoms with van der Waals surface area (Å²) in [7, 11) is 3.61. The minimum Gasteiger partial charge on any atom is -0.461 e. The molecule has 0 bridgehead atoms. The Kier molecular flexibility index (Phi) is 7.52. The lowest BCUT2D eigenvalue weighted by Gasteiger charge is -2.33. The average Bonchev–Trinajstić information content (AvgIpc) is 3.12. The molecule has 0 aliphatic carbocycles. The van der Waals surface area contributed by atoms with Crippen molar-refractivity contribution in [1.29, 1.82) is 0 Å². The van der Waals surface area contributed by atoms with Crippen molar-refractivity contribution in [3.05, 3.63) is 36.1 Å². The Hall–Kier alpha value is -2.54. The summed E-state index contributed by atoms with van der Waals surface area (Å²) in [5.74, 6) is 1.98. The molecule has 7 heteroatoms. The fourth-order valence-electron chi connectivity index (χ4n) is 3.52. The fourth-order valence-corrected chi connectivity index (χ4v) is 3.52. The molecule has 2 aromatic rings. The van der Waals surface area contributed by atoms with Crippen molar-refractivity contribution in [2.75, 3.05) is 46.8 Å². The standard InChI is InChI=1S/C22H33N5O2/c1-4-23-22(24-12-9-19-15-17-7-5-6-8-20(17)29-19)25-18-10-13-27(14-11-18)16-21(28)26(2)3/h5-8,15,18H,4,9-14,16H2,1-3H3,(H2,23,24,25). The van der Waals surface area contributed by atoms with Gasteiger partial charge in [0.05, 0.1) is 6.54 Å². The third-order valence-corrected chi connectivity index (χ3v) is 5.23. The highest BCUT2D eigenvalue weighted by Crippen LogP contribution is 2.19. The van der Waals surface area contributed by atoms with Gasteiger partial charge in [-0.05, 0) is 31.9 Å². The molecule has 1 aromatic carbocycles. The molecule has 3 rings (SSSR count). The highest BCUT2D eigenvalue weighted by Gasteiger charge is 2.22. The number of fused-ring (bicyclic) bond motifs is 1. The molecule has 0 unspecified atom stereocenters. The Morgan fingerprint density at radius 2 is 2.03 bits per heavy atom. The number of likely N-dealkylation sites (tertiary alicyclic amines) is 1. The number of para-hydroxylation sites is 1. The first-order valence-corrected chi connectivity index (χ1v) is 10.5. The van der Waals surface area contributed by atoms with Crippen LogP contribution >= 0.6 is 0 Å². The van der Waals surface area contributed by atoms with Gasteiger partial charge >= 0.3 is 0 Å². The molecule has 1 aromatic heterocycles. The van der Waals surface area contributed by atoms with Crippen LogP contribution in [0.3, 0.4) is 0 Å². The fraction of sp³-hybridized carbons (Fsp3) is 0.545. The lowest BCUT2D eigenvalue weighted by Crippen LogP contribution is -2.50. The van der Waals surface area contributed by atoms with Gasteiger partial charge in [-0.2, -0.15) is 0 Å². The molecule has 1 saturated heterocycles. The topological polar surface area (TPSA) is 73.1 Å². The number of rotatable bonds is 7. The number of benzene rings is 1. The van der Waals surface area contributed by atoms with E-state index in [4.69, 9.17) is 9.41 Å².